The minimum absolute atomic E-state index is 0.108. The quantitative estimate of drug-likeness (QED) is 0.368. The molecule has 222 valence electrons. The highest BCUT2D eigenvalue weighted by Gasteiger charge is 2.40. The molecule has 0 spiro atoms. The number of hydrogen-bond donors (Lipinski definition) is 4. The first-order valence-corrected chi connectivity index (χ1v) is 13.9. The van der Waals surface area contributed by atoms with Crippen LogP contribution in [0.5, 0.6) is 5.75 Å². The molecule has 4 N–H and O–H groups in total. The van der Waals surface area contributed by atoms with Gasteiger partial charge in [-0.15, -0.1) is 0 Å². The SMILES string of the molecule is CC(=O)N[C@@H](Cc1ccccc1)C(=O)N1CCC(NC(=O)[C@H](Cc2c(C)cc(O)cc2C)N(C(=O)O)C(C)(C)C)C1. The van der Waals surface area contributed by atoms with Crippen LogP contribution in [0.4, 0.5) is 4.79 Å². The number of phenolic OH excluding ortho intramolecular Hbond substituents is 1. The lowest BCUT2D eigenvalue weighted by molar-refractivity contribution is -0.135. The molecule has 1 fully saturated rings. The molecule has 0 aromatic heterocycles. The Morgan fingerprint density at radius 1 is 1.05 bits per heavy atom. The zero-order valence-electron chi connectivity index (χ0n) is 24.7. The lowest BCUT2D eigenvalue weighted by atomic mass is 9.92. The number of carbonyl (C=O) groups is 4. The Morgan fingerprint density at radius 3 is 2.20 bits per heavy atom. The van der Waals surface area contributed by atoms with Crippen molar-refractivity contribution in [2.24, 2.45) is 0 Å². The molecule has 41 heavy (non-hydrogen) atoms. The Balaban J connectivity index is 1.79. The molecule has 0 bridgehead atoms. The van der Waals surface area contributed by atoms with Gasteiger partial charge in [-0.1, -0.05) is 30.3 Å². The molecule has 10 nitrogen and oxygen atoms in total. The highest BCUT2D eigenvalue weighted by atomic mass is 16.4. The fraction of sp³-hybridized carbons (Fsp3) is 0.484. The average Bonchev–Trinajstić information content (AvgIpc) is 3.32. The molecule has 1 unspecified atom stereocenters. The van der Waals surface area contributed by atoms with Gasteiger partial charge in [0, 0.05) is 44.4 Å². The zero-order chi connectivity index (χ0) is 30.5. The van der Waals surface area contributed by atoms with E-state index in [4.69, 9.17) is 0 Å². The van der Waals surface area contributed by atoms with E-state index in [2.05, 4.69) is 10.6 Å². The Labute approximate surface area is 241 Å². The Bertz CT molecular complexity index is 1250. The molecule has 0 radical (unpaired) electrons. The van der Waals surface area contributed by atoms with E-state index in [1.165, 1.54) is 11.8 Å². The monoisotopic (exact) mass is 566 g/mol. The Hall–Kier alpha value is -4.08. The number of rotatable bonds is 9. The van der Waals surface area contributed by atoms with Gasteiger partial charge < -0.3 is 25.7 Å². The van der Waals surface area contributed by atoms with E-state index in [0.717, 1.165) is 22.3 Å². The van der Waals surface area contributed by atoms with Crippen molar-refractivity contribution >= 4 is 23.8 Å². The fourth-order valence-electron chi connectivity index (χ4n) is 5.57. The molecule has 1 saturated heterocycles. The number of phenols is 1. The number of amides is 4. The van der Waals surface area contributed by atoms with Crippen LogP contribution < -0.4 is 10.6 Å². The van der Waals surface area contributed by atoms with Crippen molar-refractivity contribution in [2.75, 3.05) is 13.1 Å². The first-order chi connectivity index (χ1) is 19.2. The number of carboxylic acid groups (broad SMARTS) is 1. The van der Waals surface area contributed by atoms with Crippen LogP contribution in [-0.2, 0) is 27.2 Å². The number of benzene rings is 2. The minimum atomic E-state index is -1.21. The first kappa shape index (κ1) is 31.4. The highest BCUT2D eigenvalue weighted by molar-refractivity contribution is 5.88. The number of aryl methyl sites for hydroxylation is 2. The topological polar surface area (TPSA) is 139 Å². The summed E-state index contributed by atoms with van der Waals surface area (Å²) in [6.07, 6.45) is -0.236. The van der Waals surface area contributed by atoms with Gasteiger partial charge in [-0.25, -0.2) is 4.79 Å². The molecule has 2 aromatic rings. The predicted molar refractivity (Wildman–Crippen MR) is 156 cm³/mol. The number of aromatic hydroxyl groups is 1. The molecule has 1 aliphatic heterocycles. The van der Waals surface area contributed by atoms with Crippen LogP contribution in [0.2, 0.25) is 0 Å². The van der Waals surface area contributed by atoms with Gasteiger partial charge in [-0.2, -0.15) is 0 Å². The number of nitrogens with one attached hydrogen (secondary N) is 2. The van der Waals surface area contributed by atoms with E-state index in [0.29, 0.717) is 19.4 Å². The van der Waals surface area contributed by atoms with Crippen molar-refractivity contribution < 1.29 is 29.4 Å². The minimum Gasteiger partial charge on any atom is -0.508 e. The lowest BCUT2D eigenvalue weighted by Gasteiger charge is -2.39. The van der Waals surface area contributed by atoms with Gasteiger partial charge in [0.2, 0.25) is 17.7 Å². The zero-order valence-corrected chi connectivity index (χ0v) is 24.7. The highest BCUT2D eigenvalue weighted by Crippen LogP contribution is 2.27. The summed E-state index contributed by atoms with van der Waals surface area (Å²) >= 11 is 0. The largest absolute Gasteiger partial charge is 0.508 e. The second kappa shape index (κ2) is 13.1. The van der Waals surface area contributed by atoms with Gasteiger partial charge in [0.05, 0.1) is 0 Å². The van der Waals surface area contributed by atoms with E-state index in [1.54, 1.807) is 37.8 Å². The summed E-state index contributed by atoms with van der Waals surface area (Å²) in [6.45, 7) is 10.9. The van der Waals surface area contributed by atoms with Crippen LogP contribution in [0.3, 0.4) is 0 Å². The van der Waals surface area contributed by atoms with Crippen LogP contribution in [0.15, 0.2) is 42.5 Å². The van der Waals surface area contributed by atoms with E-state index >= 15 is 0 Å². The maximum absolute atomic E-state index is 13.8. The van der Waals surface area contributed by atoms with Crippen molar-refractivity contribution in [3.8, 4) is 5.75 Å². The van der Waals surface area contributed by atoms with E-state index < -0.39 is 29.6 Å². The second-order valence-electron chi connectivity index (χ2n) is 11.8. The summed E-state index contributed by atoms with van der Waals surface area (Å²) in [5.74, 6) is -0.871. The van der Waals surface area contributed by atoms with E-state index in [1.807, 2.05) is 44.2 Å². The van der Waals surface area contributed by atoms with Crippen LogP contribution in [-0.4, -0.2) is 80.6 Å². The summed E-state index contributed by atoms with van der Waals surface area (Å²) in [5.41, 5.74) is 2.37. The van der Waals surface area contributed by atoms with Crippen LogP contribution in [0.25, 0.3) is 0 Å². The maximum Gasteiger partial charge on any atom is 0.408 e. The third-order valence-corrected chi connectivity index (χ3v) is 7.43. The normalized spacial score (nSPS) is 16.5. The Kier molecular flexibility index (Phi) is 10.0. The summed E-state index contributed by atoms with van der Waals surface area (Å²) < 4.78 is 0. The van der Waals surface area contributed by atoms with Crippen LogP contribution in [0, 0.1) is 13.8 Å². The van der Waals surface area contributed by atoms with Crippen molar-refractivity contribution in [1.29, 1.82) is 0 Å². The maximum atomic E-state index is 13.8. The van der Waals surface area contributed by atoms with Crippen molar-refractivity contribution in [1.82, 2.24) is 20.4 Å². The summed E-state index contributed by atoms with van der Waals surface area (Å²) in [6, 6.07) is 10.5. The van der Waals surface area contributed by atoms with Gasteiger partial charge in [-0.3, -0.25) is 19.3 Å². The third-order valence-electron chi connectivity index (χ3n) is 7.43. The van der Waals surface area contributed by atoms with Crippen LogP contribution >= 0.6 is 0 Å². The van der Waals surface area contributed by atoms with Gasteiger partial charge in [0.15, 0.2) is 0 Å². The first-order valence-electron chi connectivity index (χ1n) is 13.9. The van der Waals surface area contributed by atoms with Crippen molar-refractivity contribution in [3.05, 3.63) is 64.7 Å². The van der Waals surface area contributed by atoms with E-state index in [9.17, 15) is 29.4 Å². The summed E-state index contributed by atoms with van der Waals surface area (Å²) in [7, 11) is 0. The Morgan fingerprint density at radius 2 is 1.66 bits per heavy atom. The van der Waals surface area contributed by atoms with Crippen molar-refractivity contribution in [3.63, 3.8) is 0 Å². The summed E-state index contributed by atoms with van der Waals surface area (Å²) in [5, 5.41) is 25.9. The summed E-state index contributed by atoms with van der Waals surface area (Å²) in [4.78, 5) is 54.2. The van der Waals surface area contributed by atoms with Gasteiger partial charge in [0.25, 0.3) is 0 Å². The number of nitrogens with zero attached hydrogens (tertiary/aromatic N) is 2. The number of likely N-dealkylation sites (tertiary alicyclic amines) is 1. The predicted octanol–water partition coefficient (Wildman–Crippen LogP) is 3.16. The van der Waals surface area contributed by atoms with Gasteiger partial charge >= 0.3 is 6.09 Å². The van der Waals surface area contributed by atoms with Gasteiger partial charge in [-0.05, 0) is 75.4 Å². The van der Waals surface area contributed by atoms with Crippen molar-refractivity contribution in [2.45, 2.75) is 84.5 Å². The lowest BCUT2D eigenvalue weighted by Crippen LogP contribution is -2.59. The fourth-order valence-corrected chi connectivity index (χ4v) is 5.57. The third kappa shape index (κ3) is 8.22. The molecule has 10 heteroatoms. The molecular formula is C31H42N4O6. The average molecular weight is 567 g/mol. The van der Waals surface area contributed by atoms with E-state index in [-0.39, 0.29) is 36.6 Å². The molecule has 3 rings (SSSR count). The molecule has 4 amide bonds. The standard InChI is InChI=1S/C31H42N4O6/c1-19-14-24(37)15-20(2)25(19)17-27(35(30(40)41)31(4,5)6)28(38)33-23-12-13-34(18-23)29(39)26(32-21(3)36)16-22-10-8-7-9-11-22/h7-11,14-15,23,26-27,37H,12-13,16-18H2,1-6H3,(H,32,36)(H,33,38)(H,40,41)/t23?,26-,27-/m0/s1. The molecule has 1 heterocycles. The molecule has 2 aromatic carbocycles. The second-order valence-corrected chi connectivity index (χ2v) is 11.8. The number of carbonyl (C=O) groups excluding carboxylic acids is 3. The van der Waals surface area contributed by atoms with Gasteiger partial charge in [0.1, 0.15) is 17.8 Å². The molecule has 0 aliphatic carbocycles. The smallest absolute Gasteiger partial charge is 0.408 e. The molecule has 3 atom stereocenters. The number of hydrogen-bond acceptors (Lipinski definition) is 5. The molecule has 0 saturated carbocycles. The molecule has 1 aliphatic rings. The van der Waals surface area contributed by atoms with Crippen LogP contribution in [0.1, 0.15) is 56.4 Å². The molecular weight excluding hydrogens is 524 g/mol.